The molecule has 0 radical (unpaired) electrons. The van der Waals surface area contributed by atoms with Gasteiger partial charge in [-0.3, -0.25) is 9.59 Å². The number of nitrogens with one attached hydrogen (secondary N) is 1. The molecule has 2 fully saturated rings. The van der Waals surface area contributed by atoms with Gasteiger partial charge in [0.1, 0.15) is 6.04 Å². The smallest absolute Gasteiger partial charge is 0.249 e. The van der Waals surface area contributed by atoms with Crippen LogP contribution in [0.25, 0.3) is 0 Å². The molecule has 5 heteroatoms. The molecule has 1 aliphatic heterocycles. The van der Waals surface area contributed by atoms with Crippen molar-refractivity contribution in [3.8, 4) is 0 Å². The van der Waals surface area contributed by atoms with Crippen LogP contribution in [-0.2, 0) is 9.59 Å². The normalized spacial score (nSPS) is 30.5. The molecule has 5 nitrogen and oxygen atoms in total. The zero-order chi connectivity index (χ0) is 17.3. The minimum Gasteiger partial charge on any atom is -0.344 e. The van der Waals surface area contributed by atoms with Crippen molar-refractivity contribution in [3.63, 3.8) is 0 Å². The van der Waals surface area contributed by atoms with Gasteiger partial charge in [-0.05, 0) is 45.2 Å². The van der Waals surface area contributed by atoms with E-state index in [-0.39, 0.29) is 17.7 Å². The summed E-state index contributed by atoms with van der Waals surface area (Å²) in [5.41, 5.74) is 7.89. The quantitative estimate of drug-likeness (QED) is 0.892. The van der Waals surface area contributed by atoms with Gasteiger partial charge in [-0.2, -0.15) is 0 Å². The number of benzene rings is 1. The maximum atomic E-state index is 12.7. The van der Waals surface area contributed by atoms with Crippen LogP contribution in [0, 0.1) is 12.8 Å². The Labute approximate surface area is 143 Å². The SMILES string of the molecule is Cc1ccc(N2CCC(NC(=O)C3CCCCC3(C)N)C2=O)cc1. The van der Waals surface area contributed by atoms with E-state index in [1.54, 1.807) is 4.90 Å². The zero-order valence-corrected chi connectivity index (χ0v) is 14.5. The molecule has 3 N–H and O–H groups in total. The Hall–Kier alpha value is -1.88. The molecule has 3 rings (SSSR count). The zero-order valence-electron chi connectivity index (χ0n) is 14.5. The molecule has 130 valence electrons. The van der Waals surface area contributed by atoms with Crippen molar-refractivity contribution in [1.82, 2.24) is 5.32 Å². The number of hydrogen-bond donors (Lipinski definition) is 2. The predicted molar refractivity (Wildman–Crippen MR) is 94.6 cm³/mol. The number of carbonyl (C=O) groups is 2. The lowest BCUT2D eigenvalue weighted by Gasteiger charge is -2.37. The summed E-state index contributed by atoms with van der Waals surface area (Å²) in [5, 5.41) is 2.95. The van der Waals surface area contributed by atoms with E-state index in [1.807, 2.05) is 38.1 Å². The van der Waals surface area contributed by atoms with Crippen LogP contribution in [0.5, 0.6) is 0 Å². The Morgan fingerprint density at radius 3 is 2.62 bits per heavy atom. The van der Waals surface area contributed by atoms with E-state index < -0.39 is 11.6 Å². The third-order valence-electron chi connectivity index (χ3n) is 5.44. The molecule has 1 aromatic rings. The number of aryl methyl sites for hydroxylation is 1. The fourth-order valence-electron chi connectivity index (χ4n) is 3.86. The van der Waals surface area contributed by atoms with E-state index >= 15 is 0 Å². The molecular formula is C19H27N3O2. The van der Waals surface area contributed by atoms with Crippen LogP contribution in [-0.4, -0.2) is 29.9 Å². The Morgan fingerprint density at radius 2 is 1.96 bits per heavy atom. The predicted octanol–water partition coefficient (Wildman–Crippen LogP) is 2.12. The van der Waals surface area contributed by atoms with Crippen LogP contribution in [0.1, 0.15) is 44.6 Å². The minimum absolute atomic E-state index is 0.0262. The van der Waals surface area contributed by atoms with Gasteiger partial charge >= 0.3 is 0 Å². The molecule has 2 aliphatic rings. The van der Waals surface area contributed by atoms with Crippen molar-refractivity contribution in [3.05, 3.63) is 29.8 Å². The van der Waals surface area contributed by atoms with E-state index in [1.165, 1.54) is 0 Å². The number of rotatable bonds is 3. The summed E-state index contributed by atoms with van der Waals surface area (Å²) in [7, 11) is 0. The first-order chi connectivity index (χ1) is 11.4. The lowest BCUT2D eigenvalue weighted by Crippen LogP contribution is -2.55. The maximum Gasteiger partial charge on any atom is 0.249 e. The fraction of sp³-hybridized carbons (Fsp3) is 0.579. The van der Waals surface area contributed by atoms with Gasteiger partial charge in [-0.1, -0.05) is 30.5 Å². The Balaban J connectivity index is 1.65. The number of nitrogens with two attached hydrogens (primary N) is 1. The average Bonchev–Trinajstić information content (AvgIpc) is 2.88. The van der Waals surface area contributed by atoms with Crippen molar-refractivity contribution in [1.29, 1.82) is 0 Å². The van der Waals surface area contributed by atoms with E-state index in [2.05, 4.69) is 5.32 Å². The number of anilines is 1. The summed E-state index contributed by atoms with van der Waals surface area (Å²) in [4.78, 5) is 27.0. The highest BCUT2D eigenvalue weighted by atomic mass is 16.2. The second-order valence-electron chi connectivity index (χ2n) is 7.48. The molecule has 1 aromatic carbocycles. The highest BCUT2D eigenvalue weighted by Gasteiger charge is 2.40. The molecular weight excluding hydrogens is 302 g/mol. The van der Waals surface area contributed by atoms with Gasteiger partial charge < -0.3 is 16.0 Å². The average molecular weight is 329 g/mol. The molecule has 1 saturated carbocycles. The summed E-state index contributed by atoms with van der Waals surface area (Å²) in [5.74, 6) is -0.294. The van der Waals surface area contributed by atoms with Gasteiger partial charge in [0.2, 0.25) is 11.8 Å². The Kier molecular flexibility index (Phi) is 4.63. The lowest BCUT2D eigenvalue weighted by atomic mass is 9.74. The molecule has 1 heterocycles. The molecule has 0 spiro atoms. The van der Waals surface area contributed by atoms with Crippen LogP contribution < -0.4 is 16.0 Å². The standard InChI is InChI=1S/C19H27N3O2/c1-13-6-8-14(9-7-13)22-12-10-16(18(22)24)21-17(23)15-5-3-4-11-19(15,2)20/h6-9,15-16H,3-5,10-12,20H2,1-2H3,(H,21,23). The molecule has 1 saturated heterocycles. The summed E-state index contributed by atoms with van der Waals surface area (Å²) in [6.45, 7) is 4.61. The second-order valence-corrected chi connectivity index (χ2v) is 7.48. The molecule has 0 aromatic heterocycles. The maximum absolute atomic E-state index is 12.7. The topological polar surface area (TPSA) is 75.4 Å². The van der Waals surface area contributed by atoms with Crippen molar-refractivity contribution >= 4 is 17.5 Å². The summed E-state index contributed by atoms with van der Waals surface area (Å²) in [6, 6.07) is 7.47. The number of hydrogen-bond acceptors (Lipinski definition) is 3. The third-order valence-corrected chi connectivity index (χ3v) is 5.44. The van der Waals surface area contributed by atoms with Gasteiger partial charge in [-0.15, -0.1) is 0 Å². The Bertz CT molecular complexity index is 624. The minimum atomic E-state index is -0.472. The van der Waals surface area contributed by atoms with Crippen LogP contribution in [0.15, 0.2) is 24.3 Å². The van der Waals surface area contributed by atoms with E-state index in [9.17, 15) is 9.59 Å². The highest BCUT2D eigenvalue weighted by molar-refractivity contribution is 6.01. The first-order valence-electron chi connectivity index (χ1n) is 8.86. The molecule has 24 heavy (non-hydrogen) atoms. The Morgan fingerprint density at radius 1 is 1.25 bits per heavy atom. The van der Waals surface area contributed by atoms with Gasteiger partial charge in [-0.25, -0.2) is 0 Å². The monoisotopic (exact) mass is 329 g/mol. The van der Waals surface area contributed by atoms with E-state index in [4.69, 9.17) is 5.73 Å². The van der Waals surface area contributed by atoms with E-state index in [0.717, 1.165) is 36.9 Å². The summed E-state index contributed by atoms with van der Waals surface area (Å²) >= 11 is 0. The number of nitrogens with zero attached hydrogens (tertiary/aromatic N) is 1. The summed E-state index contributed by atoms with van der Waals surface area (Å²) in [6.07, 6.45) is 4.41. The van der Waals surface area contributed by atoms with Gasteiger partial charge in [0.25, 0.3) is 0 Å². The second kappa shape index (κ2) is 6.55. The van der Waals surface area contributed by atoms with Crippen molar-refractivity contribution in [2.45, 2.75) is 57.5 Å². The van der Waals surface area contributed by atoms with Crippen molar-refractivity contribution < 1.29 is 9.59 Å². The van der Waals surface area contributed by atoms with Gasteiger partial charge in [0.05, 0.1) is 5.92 Å². The number of amides is 2. The third kappa shape index (κ3) is 3.31. The molecule has 2 amide bonds. The van der Waals surface area contributed by atoms with E-state index in [0.29, 0.717) is 13.0 Å². The van der Waals surface area contributed by atoms with Crippen molar-refractivity contribution in [2.75, 3.05) is 11.4 Å². The number of carbonyl (C=O) groups excluding carboxylic acids is 2. The first-order valence-corrected chi connectivity index (χ1v) is 8.86. The fourth-order valence-corrected chi connectivity index (χ4v) is 3.86. The molecule has 3 atom stereocenters. The first kappa shape index (κ1) is 17.0. The van der Waals surface area contributed by atoms with Crippen molar-refractivity contribution in [2.24, 2.45) is 11.7 Å². The molecule has 1 aliphatic carbocycles. The van der Waals surface area contributed by atoms with Crippen LogP contribution >= 0.6 is 0 Å². The highest BCUT2D eigenvalue weighted by Crippen LogP contribution is 2.32. The van der Waals surface area contributed by atoms with Crippen LogP contribution in [0.2, 0.25) is 0 Å². The van der Waals surface area contributed by atoms with Gasteiger partial charge in [0, 0.05) is 17.8 Å². The lowest BCUT2D eigenvalue weighted by molar-refractivity contribution is -0.131. The molecule has 0 bridgehead atoms. The van der Waals surface area contributed by atoms with Crippen LogP contribution in [0.4, 0.5) is 5.69 Å². The van der Waals surface area contributed by atoms with Crippen LogP contribution in [0.3, 0.4) is 0 Å². The molecule has 3 unspecified atom stereocenters. The summed E-state index contributed by atoms with van der Waals surface area (Å²) < 4.78 is 0. The largest absolute Gasteiger partial charge is 0.344 e. The van der Waals surface area contributed by atoms with Gasteiger partial charge in [0.15, 0.2) is 0 Å².